The summed E-state index contributed by atoms with van der Waals surface area (Å²) in [5.41, 5.74) is 1.22. The Balaban J connectivity index is 1.55. The highest BCUT2D eigenvalue weighted by atomic mass is 19.1. The molecule has 0 bridgehead atoms. The lowest BCUT2D eigenvalue weighted by atomic mass is 10.1. The van der Waals surface area contributed by atoms with Crippen LogP contribution < -0.4 is 10.6 Å². The number of hydrogen-bond acceptors (Lipinski definition) is 4. The average Bonchev–Trinajstić information content (AvgIpc) is 3.46. The van der Waals surface area contributed by atoms with Crippen molar-refractivity contribution in [2.45, 2.75) is 25.5 Å². The van der Waals surface area contributed by atoms with Crippen molar-refractivity contribution in [3.63, 3.8) is 0 Å². The number of hydrogen-bond donors (Lipinski definition) is 2. The number of para-hydroxylation sites is 2. The molecule has 4 rings (SSSR count). The van der Waals surface area contributed by atoms with Crippen molar-refractivity contribution in [3.05, 3.63) is 71.7 Å². The van der Waals surface area contributed by atoms with E-state index in [4.69, 9.17) is 4.74 Å². The van der Waals surface area contributed by atoms with Crippen LogP contribution in [0, 0.1) is 17.1 Å². The van der Waals surface area contributed by atoms with Crippen LogP contribution in [0.2, 0.25) is 0 Å². The molecule has 0 radical (unpaired) electrons. The van der Waals surface area contributed by atoms with Crippen molar-refractivity contribution in [1.29, 1.82) is 5.26 Å². The van der Waals surface area contributed by atoms with Crippen LogP contribution in [0.4, 0.5) is 10.1 Å². The molecule has 1 aliphatic rings. The summed E-state index contributed by atoms with van der Waals surface area (Å²) in [6, 6.07) is 15.0. The Kier molecular flexibility index (Phi) is 6.81. The third-order valence-electron chi connectivity index (χ3n) is 5.47. The molecule has 1 atom stereocenters. The van der Waals surface area contributed by atoms with Gasteiger partial charge in [0.15, 0.2) is 0 Å². The number of nitriles is 1. The molecule has 3 aromatic rings. The fourth-order valence-corrected chi connectivity index (χ4v) is 3.82. The third kappa shape index (κ3) is 5.27. The number of anilines is 1. The predicted octanol–water partition coefficient (Wildman–Crippen LogP) is 3.62. The maximum atomic E-state index is 13.9. The van der Waals surface area contributed by atoms with Crippen molar-refractivity contribution in [3.8, 4) is 6.07 Å². The fourth-order valence-electron chi connectivity index (χ4n) is 3.82. The maximum absolute atomic E-state index is 13.9. The quantitative estimate of drug-likeness (QED) is 0.428. The number of nitrogens with zero attached hydrogens (tertiary/aromatic N) is 2. The van der Waals surface area contributed by atoms with Crippen molar-refractivity contribution in [1.82, 2.24) is 9.88 Å². The zero-order valence-corrected chi connectivity index (χ0v) is 17.9. The normalized spacial score (nSPS) is 15.9. The Morgan fingerprint density at radius 2 is 2.00 bits per heavy atom. The minimum Gasteiger partial charge on any atom is -0.376 e. The average molecular weight is 446 g/mol. The van der Waals surface area contributed by atoms with Crippen LogP contribution in [0.3, 0.4) is 0 Å². The van der Waals surface area contributed by atoms with Gasteiger partial charge in [0.25, 0.3) is 5.91 Å². The van der Waals surface area contributed by atoms with E-state index < -0.39 is 11.7 Å². The lowest BCUT2D eigenvalue weighted by molar-refractivity contribution is -0.122. The second kappa shape index (κ2) is 10.1. The van der Waals surface area contributed by atoms with Crippen molar-refractivity contribution >= 4 is 34.5 Å². The minimum atomic E-state index is -0.714. The first-order chi connectivity index (χ1) is 16.0. The van der Waals surface area contributed by atoms with E-state index in [-0.39, 0.29) is 29.8 Å². The van der Waals surface area contributed by atoms with E-state index in [9.17, 15) is 19.2 Å². The van der Waals surface area contributed by atoms with Gasteiger partial charge < -0.3 is 19.9 Å². The van der Waals surface area contributed by atoms with Gasteiger partial charge in [0, 0.05) is 35.8 Å². The summed E-state index contributed by atoms with van der Waals surface area (Å²) in [6.45, 7) is 1.29. The molecule has 33 heavy (non-hydrogen) atoms. The molecule has 1 fully saturated rings. The molecule has 1 aromatic heterocycles. The Morgan fingerprint density at radius 3 is 2.76 bits per heavy atom. The Morgan fingerprint density at radius 1 is 1.21 bits per heavy atom. The summed E-state index contributed by atoms with van der Waals surface area (Å²) in [5, 5.41) is 15.7. The second-order valence-corrected chi connectivity index (χ2v) is 7.77. The van der Waals surface area contributed by atoms with Gasteiger partial charge in [0.05, 0.1) is 11.8 Å². The number of carbonyl (C=O) groups excluding carboxylic acids is 2. The van der Waals surface area contributed by atoms with E-state index >= 15 is 0 Å². The van der Waals surface area contributed by atoms with Crippen LogP contribution in [0.1, 0.15) is 18.4 Å². The van der Waals surface area contributed by atoms with E-state index in [0.29, 0.717) is 12.1 Å². The van der Waals surface area contributed by atoms with E-state index in [1.165, 1.54) is 24.3 Å². The molecule has 7 nitrogen and oxygen atoms in total. The number of halogens is 1. The lowest BCUT2D eigenvalue weighted by Crippen LogP contribution is -2.34. The third-order valence-corrected chi connectivity index (χ3v) is 5.47. The topological polar surface area (TPSA) is 96.2 Å². The first-order valence-electron chi connectivity index (χ1n) is 10.7. The van der Waals surface area contributed by atoms with Crippen LogP contribution in [0.15, 0.2) is 60.3 Å². The Hall–Kier alpha value is -3.96. The smallest absolute Gasteiger partial charge is 0.266 e. The van der Waals surface area contributed by atoms with Gasteiger partial charge in [-0.15, -0.1) is 0 Å². The molecule has 1 aliphatic heterocycles. The molecule has 0 spiro atoms. The highest BCUT2D eigenvalue weighted by molar-refractivity contribution is 6.10. The van der Waals surface area contributed by atoms with Crippen molar-refractivity contribution in [2.24, 2.45) is 0 Å². The molecule has 1 saturated heterocycles. The summed E-state index contributed by atoms with van der Waals surface area (Å²) < 4.78 is 21.2. The number of carbonyl (C=O) groups is 2. The molecule has 2 heterocycles. The fraction of sp³-hybridized carbons (Fsp3) is 0.240. The van der Waals surface area contributed by atoms with E-state index in [2.05, 4.69) is 10.6 Å². The lowest BCUT2D eigenvalue weighted by Gasteiger charge is -2.11. The zero-order chi connectivity index (χ0) is 23.2. The number of fused-ring (bicyclic) bond motifs is 1. The Bertz CT molecular complexity index is 1250. The first kappa shape index (κ1) is 22.2. The molecular weight excluding hydrogens is 423 g/mol. The molecule has 2 amide bonds. The van der Waals surface area contributed by atoms with Gasteiger partial charge in [-0.25, -0.2) is 4.39 Å². The SMILES string of the molecule is N#C/C(=C\c1cn(CC(=O)NC[C@H]2CCCO2)c2ccccc12)C(=O)Nc1ccccc1F. The van der Waals surface area contributed by atoms with Gasteiger partial charge in [-0.3, -0.25) is 9.59 Å². The predicted molar refractivity (Wildman–Crippen MR) is 123 cm³/mol. The molecule has 2 N–H and O–H groups in total. The highest BCUT2D eigenvalue weighted by Gasteiger charge is 2.18. The van der Waals surface area contributed by atoms with E-state index in [1.54, 1.807) is 16.8 Å². The Labute approximate surface area is 190 Å². The molecule has 8 heteroatoms. The number of benzene rings is 2. The largest absolute Gasteiger partial charge is 0.376 e. The van der Waals surface area contributed by atoms with Crippen LogP contribution in [0.25, 0.3) is 17.0 Å². The molecule has 168 valence electrons. The van der Waals surface area contributed by atoms with E-state index in [1.807, 2.05) is 30.3 Å². The van der Waals surface area contributed by atoms with Crippen LogP contribution in [-0.4, -0.2) is 35.6 Å². The standard InChI is InChI=1S/C25H23FN4O3/c26-21-8-2-3-9-22(21)29-25(32)17(13-27)12-18-15-30(23-10-4-1-7-20(18)23)16-24(31)28-14-19-6-5-11-33-19/h1-4,7-10,12,15,19H,5-6,11,14,16H2,(H,28,31)(H,29,32)/b17-12+/t19-/m1/s1. The molecule has 0 unspecified atom stereocenters. The minimum absolute atomic E-state index is 0.00556. The van der Waals surface area contributed by atoms with E-state index in [0.717, 1.165) is 30.4 Å². The van der Waals surface area contributed by atoms with Crippen LogP contribution in [0.5, 0.6) is 0 Å². The van der Waals surface area contributed by atoms with Crippen LogP contribution >= 0.6 is 0 Å². The molecular formula is C25H23FN4O3. The summed E-state index contributed by atoms with van der Waals surface area (Å²) in [5.74, 6) is -1.46. The molecule has 2 aromatic carbocycles. The number of amides is 2. The number of ether oxygens (including phenoxy) is 1. The van der Waals surface area contributed by atoms with Crippen molar-refractivity contribution < 1.29 is 18.7 Å². The van der Waals surface area contributed by atoms with Gasteiger partial charge in [0.1, 0.15) is 24.0 Å². The molecule has 0 saturated carbocycles. The zero-order valence-electron chi connectivity index (χ0n) is 17.9. The summed E-state index contributed by atoms with van der Waals surface area (Å²) in [6.07, 6.45) is 5.17. The van der Waals surface area contributed by atoms with Gasteiger partial charge >= 0.3 is 0 Å². The van der Waals surface area contributed by atoms with Gasteiger partial charge in [-0.1, -0.05) is 30.3 Å². The first-order valence-corrected chi connectivity index (χ1v) is 10.7. The van der Waals surface area contributed by atoms with Crippen LogP contribution in [-0.2, 0) is 20.9 Å². The van der Waals surface area contributed by atoms with Gasteiger partial charge in [-0.2, -0.15) is 5.26 Å². The summed E-state index contributed by atoms with van der Waals surface area (Å²) >= 11 is 0. The van der Waals surface area contributed by atoms with Gasteiger partial charge in [-0.05, 0) is 37.1 Å². The van der Waals surface area contributed by atoms with Gasteiger partial charge in [0.2, 0.25) is 5.91 Å². The molecule has 0 aliphatic carbocycles. The number of aromatic nitrogens is 1. The second-order valence-electron chi connectivity index (χ2n) is 7.77. The summed E-state index contributed by atoms with van der Waals surface area (Å²) in [7, 11) is 0. The van der Waals surface area contributed by atoms with Crippen molar-refractivity contribution in [2.75, 3.05) is 18.5 Å². The highest BCUT2D eigenvalue weighted by Crippen LogP contribution is 2.24. The monoisotopic (exact) mass is 446 g/mol. The summed E-state index contributed by atoms with van der Waals surface area (Å²) in [4.78, 5) is 25.1. The number of nitrogens with one attached hydrogen (secondary N) is 2. The number of rotatable bonds is 7. The maximum Gasteiger partial charge on any atom is 0.266 e.